The van der Waals surface area contributed by atoms with Crippen LogP contribution in [-0.4, -0.2) is 48.4 Å². The van der Waals surface area contributed by atoms with E-state index in [9.17, 15) is 4.57 Å². The maximum Gasteiger partial charge on any atom is 0.469 e. The highest BCUT2D eigenvalue weighted by Gasteiger charge is 2.41. The number of hydrogen-bond donors (Lipinski definition) is 2. The zero-order chi connectivity index (χ0) is 15.3. The number of epoxide rings is 2. The second-order valence-corrected chi connectivity index (χ2v) is 5.91. The van der Waals surface area contributed by atoms with Gasteiger partial charge >= 0.3 is 7.82 Å². The number of phosphoric ester groups is 1. The van der Waals surface area contributed by atoms with E-state index in [2.05, 4.69) is 4.52 Å². The fourth-order valence-electron chi connectivity index (χ4n) is 1.73. The van der Waals surface area contributed by atoms with E-state index in [1.807, 2.05) is 30.3 Å². The summed E-state index contributed by atoms with van der Waals surface area (Å²) in [7, 11) is -2.74. The van der Waals surface area contributed by atoms with Crippen molar-refractivity contribution in [1.82, 2.24) is 0 Å². The Labute approximate surface area is 123 Å². The van der Waals surface area contributed by atoms with Gasteiger partial charge in [0.15, 0.2) is 0 Å². The van der Waals surface area contributed by atoms with Crippen LogP contribution in [0.5, 0.6) is 5.75 Å². The van der Waals surface area contributed by atoms with E-state index < -0.39 is 13.9 Å². The molecule has 8 heteroatoms. The first-order valence-electron chi connectivity index (χ1n) is 6.54. The van der Waals surface area contributed by atoms with Gasteiger partial charge in [0, 0.05) is 6.42 Å². The summed E-state index contributed by atoms with van der Waals surface area (Å²) in [5.41, 5.74) is 0. The molecule has 2 N–H and O–H groups in total. The van der Waals surface area contributed by atoms with Crippen molar-refractivity contribution in [3.8, 4) is 5.75 Å². The minimum absolute atomic E-state index is 0.0840. The minimum atomic E-state index is -4.40. The van der Waals surface area contributed by atoms with Gasteiger partial charge in [-0.2, -0.15) is 0 Å². The van der Waals surface area contributed by atoms with Crippen LogP contribution in [0.1, 0.15) is 6.42 Å². The molecule has 1 aromatic carbocycles. The Hall–Kier alpha value is -0.950. The number of hydrogen-bond acceptors (Lipinski definition) is 5. The fraction of sp³-hybridized carbons (Fsp3) is 0.538. The number of methoxy groups -OCH3 is 1. The van der Waals surface area contributed by atoms with Gasteiger partial charge in [0.2, 0.25) is 0 Å². The molecule has 0 amide bonds. The average Bonchev–Trinajstić information content (AvgIpc) is 3.30. The Bertz CT molecular complexity index is 467. The molecule has 0 aliphatic carbocycles. The lowest BCUT2D eigenvalue weighted by molar-refractivity contribution is 0.0957. The van der Waals surface area contributed by atoms with Crippen molar-refractivity contribution in [3.05, 3.63) is 30.3 Å². The maximum atomic E-state index is 10.6. The van der Waals surface area contributed by atoms with Crippen LogP contribution in [0.25, 0.3) is 0 Å². The molecule has 2 fully saturated rings. The number of ether oxygens (including phenoxy) is 3. The molecule has 2 aliphatic heterocycles. The number of rotatable bonds is 6. The largest absolute Gasteiger partial charge is 0.497 e. The summed E-state index contributed by atoms with van der Waals surface area (Å²) >= 11 is 0. The molecule has 0 saturated carbocycles. The molecule has 3 atom stereocenters. The number of benzene rings is 1. The Morgan fingerprint density at radius 3 is 2.29 bits per heavy atom. The monoisotopic (exact) mass is 318 g/mol. The van der Waals surface area contributed by atoms with Gasteiger partial charge < -0.3 is 24.0 Å². The van der Waals surface area contributed by atoms with E-state index in [1.54, 1.807) is 7.11 Å². The predicted octanol–water partition coefficient (Wildman–Crippen LogP) is 1.35. The molecule has 2 aliphatic rings. The van der Waals surface area contributed by atoms with E-state index in [4.69, 9.17) is 24.0 Å². The zero-order valence-electron chi connectivity index (χ0n) is 11.6. The normalized spacial score (nSPS) is 24.5. The maximum absolute atomic E-state index is 10.6. The smallest absolute Gasteiger partial charge is 0.469 e. The van der Waals surface area contributed by atoms with Crippen molar-refractivity contribution in [2.45, 2.75) is 24.7 Å². The summed E-state index contributed by atoms with van der Waals surface area (Å²) in [6.07, 6.45) is -0.124. The molecule has 0 aromatic heterocycles. The molecular weight excluding hydrogens is 299 g/mol. The molecule has 0 spiro atoms. The van der Waals surface area contributed by atoms with E-state index in [-0.39, 0.29) is 12.2 Å². The van der Waals surface area contributed by atoms with E-state index in [1.165, 1.54) is 0 Å². The molecule has 118 valence electrons. The highest BCUT2D eigenvalue weighted by atomic mass is 31.2. The molecule has 1 aromatic rings. The first-order chi connectivity index (χ1) is 9.98. The van der Waals surface area contributed by atoms with Gasteiger partial charge in [-0.25, -0.2) is 4.57 Å². The lowest BCUT2D eigenvalue weighted by Crippen LogP contribution is -2.20. The van der Waals surface area contributed by atoms with Crippen molar-refractivity contribution in [1.29, 1.82) is 0 Å². The second-order valence-electron chi connectivity index (χ2n) is 4.71. The Morgan fingerprint density at radius 2 is 1.90 bits per heavy atom. The summed E-state index contributed by atoms with van der Waals surface area (Å²) in [5.74, 6) is 0.910. The fourth-order valence-corrected chi connectivity index (χ4v) is 2.30. The van der Waals surface area contributed by atoms with Crippen LogP contribution in [-0.2, 0) is 18.6 Å². The lowest BCUT2D eigenvalue weighted by Gasteiger charge is -2.14. The molecule has 3 rings (SSSR count). The summed E-state index contributed by atoms with van der Waals surface area (Å²) in [6.45, 7) is 1.16. The van der Waals surface area contributed by atoms with Crippen LogP contribution in [0.15, 0.2) is 30.3 Å². The van der Waals surface area contributed by atoms with Crippen LogP contribution in [0.2, 0.25) is 0 Å². The Kier molecular flexibility index (Phi) is 5.75. The van der Waals surface area contributed by atoms with Crippen molar-refractivity contribution in [3.63, 3.8) is 0 Å². The SMILES string of the molecule is COc1ccccc1.O=P(O)(O)OC(CC1CO1)C1CO1. The third-order valence-corrected chi connectivity index (χ3v) is 3.47. The topological polar surface area (TPSA) is 101 Å². The second kappa shape index (κ2) is 7.35. The number of para-hydroxylation sites is 1. The lowest BCUT2D eigenvalue weighted by atomic mass is 10.1. The van der Waals surface area contributed by atoms with Gasteiger partial charge in [-0.05, 0) is 12.1 Å². The first kappa shape index (κ1) is 16.4. The molecule has 3 unspecified atom stereocenters. The van der Waals surface area contributed by atoms with Crippen LogP contribution < -0.4 is 4.74 Å². The molecular formula is C13H19O7P. The average molecular weight is 318 g/mol. The Balaban J connectivity index is 0.000000173. The van der Waals surface area contributed by atoms with Gasteiger partial charge in [0.25, 0.3) is 0 Å². The molecule has 21 heavy (non-hydrogen) atoms. The van der Waals surface area contributed by atoms with Gasteiger partial charge in [0.05, 0.1) is 26.4 Å². The standard InChI is InChI=1S/C7H8O.C6H11O6P/c1-8-7-5-3-2-4-6-7;7-13(8,9)12-5(6-3-11-6)1-4-2-10-4/h2-6H,1H3;4-6H,1-3H2,(H2,7,8,9). The van der Waals surface area contributed by atoms with E-state index >= 15 is 0 Å². The third-order valence-electron chi connectivity index (χ3n) is 2.92. The number of phosphoric acid groups is 1. The van der Waals surface area contributed by atoms with Crippen molar-refractivity contribution < 1.29 is 33.1 Å². The van der Waals surface area contributed by atoms with Crippen LogP contribution >= 0.6 is 7.82 Å². The highest BCUT2D eigenvalue weighted by Crippen LogP contribution is 2.42. The third kappa shape index (κ3) is 7.04. The van der Waals surface area contributed by atoms with Crippen LogP contribution in [0.4, 0.5) is 0 Å². The predicted molar refractivity (Wildman–Crippen MR) is 74.0 cm³/mol. The van der Waals surface area contributed by atoms with Gasteiger partial charge in [-0.3, -0.25) is 4.52 Å². The summed E-state index contributed by atoms with van der Waals surface area (Å²) < 4.78 is 29.9. The van der Waals surface area contributed by atoms with Crippen molar-refractivity contribution in [2.75, 3.05) is 20.3 Å². The molecule has 0 radical (unpaired) electrons. The Morgan fingerprint density at radius 1 is 1.29 bits per heavy atom. The van der Waals surface area contributed by atoms with E-state index in [0.717, 1.165) is 5.75 Å². The molecule has 2 heterocycles. The van der Waals surface area contributed by atoms with Crippen LogP contribution in [0, 0.1) is 0 Å². The van der Waals surface area contributed by atoms with Crippen LogP contribution in [0.3, 0.4) is 0 Å². The van der Waals surface area contributed by atoms with E-state index in [0.29, 0.717) is 19.6 Å². The summed E-state index contributed by atoms with van der Waals surface area (Å²) in [5, 5.41) is 0. The van der Waals surface area contributed by atoms with Crippen molar-refractivity contribution >= 4 is 7.82 Å². The minimum Gasteiger partial charge on any atom is -0.497 e. The summed E-state index contributed by atoms with van der Waals surface area (Å²) in [4.78, 5) is 17.2. The molecule has 7 nitrogen and oxygen atoms in total. The summed E-state index contributed by atoms with van der Waals surface area (Å²) in [6, 6.07) is 9.68. The quantitative estimate of drug-likeness (QED) is 0.603. The first-order valence-corrected chi connectivity index (χ1v) is 8.07. The highest BCUT2D eigenvalue weighted by molar-refractivity contribution is 7.46. The molecule has 0 bridgehead atoms. The van der Waals surface area contributed by atoms with Gasteiger partial charge in [0.1, 0.15) is 18.0 Å². The zero-order valence-corrected chi connectivity index (χ0v) is 12.5. The van der Waals surface area contributed by atoms with Gasteiger partial charge in [-0.1, -0.05) is 18.2 Å². The molecule has 2 saturated heterocycles. The van der Waals surface area contributed by atoms with Crippen molar-refractivity contribution in [2.24, 2.45) is 0 Å². The van der Waals surface area contributed by atoms with Gasteiger partial charge in [-0.15, -0.1) is 0 Å².